The Labute approximate surface area is 126 Å². The molecule has 0 aromatic carbocycles. The molecule has 0 aliphatic heterocycles. The number of rotatable bonds is 6. The van der Waals surface area contributed by atoms with Gasteiger partial charge in [0, 0.05) is 5.56 Å². The fourth-order valence-electron chi connectivity index (χ4n) is 2.52. The number of hydrogen-bond donors (Lipinski definition) is 2. The minimum Gasteiger partial charge on any atom is -0.466 e. The Bertz CT molecular complexity index is 504. The average molecular weight is 296 g/mol. The fraction of sp³-hybridized carbons (Fsp3) is 0.600. The molecule has 0 aliphatic carbocycles. The zero-order valence-corrected chi connectivity index (χ0v) is 13.7. The van der Waals surface area contributed by atoms with E-state index in [1.165, 1.54) is 0 Å². The number of carbonyl (C=O) groups excluding carboxylic acids is 1. The maximum Gasteiger partial charge on any atom is 0.233 e. The molecule has 112 valence electrons. The van der Waals surface area contributed by atoms with Crippen LogP contribution in [0.1, 0.15) is 56.7 Å². The van der Waals surface area contributed by atoms with Gasteiger partial charge in [-0.3, -0.25) is 4.79 Å². The third-order valence-corrected chi connectivity index (χ3v) is 4.40. The van der Waals surface area contributed by atoms with E-state index in [2.05, 4.69) is 5.32 Å². The molecule has 0 bridgehead atoms. The molecule has 1 aromatic rings. The molecule has 1 amide bonds. The minimum atomic E-state index is -0.768. The molecular weight excluding hydrogens is 272 g/mol. The third kappa shape index (κ3) is 3.03. The van der Waals surface area contributed by atoms with Crippen molar-refractivity contribution in [3.05, 3.63) is 23.2 Å². The second-order valence-corrected chi connectivity index (χ2v) is 5.66. The number of furan rings is 1. The molecule has 0 radical (unpaired) electrons. The van der Waals surface area contributed by atoms with E-state index in [0.29, 0.717) is 12.8 Å². The monoisotopic (exact) mass is 296 g/mol. The molecular formula is C15H24N2O2S. The first kappa shape index (κ1) is 16.7. The topological polar surface area (TPSA) is 68.3 Å². The van der Waals surface area contributed by atoms with Gasteiger partial charge in [0.2, 0.25) is 5.91 Å². The molecule has 3 N–H and O–H groups in total. The van der Waals surface area contributed by atoms with Gasteiger partial charge in [0.25, 0.3) is 0 Å². The quantitative estimate of drug-likeness (QED) is 0.791. The highest BCUT2D eigenvalue weighted by atomic mass is 32.1. The van der Waals surface area contributed by atoms with Gasteiger partial charge in [0.05, 0.1) is 16.4 Å². The van der Waals surface area contributed by atoms with Crippen LogP contribution in [0.5, 0.6) is 0 Å². The van der Waals surface area contributed by atoms with Crippen molar-refractivity contribution in [2.45, 2.75) is 53.5 Å². The van der Waals surface area contributed by atoms with Crippen LogP contribution in [-0.2, 0) is 4.79 Å². The zero-order valence-electron chi connectivity index (χ0n) is 12.9. The van der Waals surface area contributed by atoms with Gasteiger partial charge in [-0.1, -0.05) is 26.1 Å². The summed E-state index contributed by atoms with van der Waals surface area (Å²) >= 11 is 5.10. The number of nitrogens with two attached hydrogens (primary N) is 1. The number of thiocarbonyl (C=S) groups is 1. The summed E-state index contributed by atoms with van der Waals surface area (Å²) in [6.45, 7) is 9.58. The van der Waals surface area contributed by atoms with Crippen LogP contribution in [0.3, 0.4) is 0 Å². The van der Waals surface area contributed by atoms with Gasteiger partial charge in [0.1, 0.15) is 11.5 Å². The van der Waals surface area contributed by atoms with E-state index in [1.807, 2.05) is 40.7 Å². The first-order chi connectivity index (χ1) is 9.28. The number of carbonyl (C=O) groups is 1. The summed E-state index contributed by atoms with van der Waals surface area (Å²) in [7, 11) is 0. The van der Waals surface area contributed by atoms with Gasteiger partial charge in [-0.25, -0.2) is 0 Å². The van der Waals surface area contributed by atoms with Gasteiger partial charge >= 0.3 is 0 Å². The largest absolute Gasteiger partial charge is 0.466 e. The lowest BCUT2D eigenvalue weighted by atomic mass is 9.81. The second kappa shape index (κ2) is 6.39. The lowest BCUT2D eigenvalue weighted by Crippen LogP contribution is -2.48. The van der Waals surface area contributed by atoms with Gasteiger partial charge in [0.15, 0.2) is 0 Å². The fourth-order valence-corrected chi connectivity index (χ4v) is 2.91. The van der Waals surface area contributed by atoms with Crippen molar-refractivity contribution in [2.75, 3.05) is 0 Å². The van der Waals surface area contributed by atoms with E-state index in [4.69, 9.17) is 22.4 Å². The molecule has 20 heavy (non-hydrogen) atoms. The summed E-state index contributed by atoms with van der Waals surface area (Å²) in [6, 6.07) is 1.81. The SMILES string of the molecule is CCC(CC)(C(=O)NC(C)c1cc(C)oc1C)C(N)=S. The molecule has 0 aliphatic rings. The van der Waals surface area contributed by atoms with Crippen LogP contribution in [0.2, 0.25) is 0 Å². The highest BCUT2D eigenvalue weighted by Crippen LogP contribution is 2.29. The van der Waals surface area contributed by atoms with Crippen molar-refractivity contribution in [3.63, 3.8) is 0 Å². The Hall–Kier alpha value is -1.36. The molecule has 0 fully saturated rings. The molecule has 1 aromatic heterocycles. The highest BCUT2D eigenvalue weighted by molar-refractivity contribution is 7.80. The zero-order chi connectivity index (χ0) is 15.5. The Morgan fingerprint density at radius 3 is 2.35 bits per heavy atom. The summed E-state index contributed by atoms with van der Waals surface area (Å²) in [5, 5.41) is 3.01. The van der Waals surface area contributed by atoms with E-state index in [-0.39, 0.29) is 16.9 Å². The normalized spacial score (nSPS) is 13.1. The van der Waals surface area contributed by atoms with E-state index in [0.717, 1.165) is 17.1 Å². The lowest BCUT2D eigenvalue weighted by Gasteiger charge is -2.30. The predicted molar refractivity (Wildman–Crippen MR) is 84.5 cm³/mol. The molecule has 0 spiro atoms. The first-order valence-electron chi connectivity index (χ1n) is 6.96. The molecule has 0 saturated heterocycles. The van der Waals surface area contributed by atoms with Crippen LogP contribution in [0.4, 0.5) is 0 Å². The van der Waals surface area contributed by atoms with Crippen molar-refractivity contribution in [1.82, 2.24) is 5.32 Å². The summed E-state index contributed by atoms with van der Waals surface area (Å²) in [6.07, 6.45) is 1.20. The molecule has 1 rings (SSSR count). The molecule has 0 saturated carbocycles. The van der Waals surface area contributed by atoms with Crippen LogP contribution < -0.4 is 11.1 Å². The second-order valence-electron chi connectivity index (χ2n) is 5.22. The Morgan fingerprint density at radius 2 is 2.00 bits per heavy atom. The number of hydrogen-bond acceptors (Lipinski definition) is 3. The molecule has 5 heteroatoms. The van der Waals surface area contributed by atoms with Crippen LogP contribution in [0.25, 0.3) is 0 Å². The van der Waals surface area contributed by atoms with E-state index >= 15 is 0 Å². The van der Waals surface area contributed by atoms with Crippen LogP contribution in [0, 0.1) is 19.3 Å². The van der Waals surface area contributed by atoms with Crippen LogP contribution in [-0.4, -0.2) is 10.9 Å². The predicted octanol–water partition coefficient (Wildman–Crippen LogP) is 3.17. The Morgan fingerprint density at radius 1 is 1.45 bits per heavy atom. The van der Waals surface area contributed by atoms with Crippen molar-refractivity contribution in [2.24, 2.45) is 11.1 Å². The van der Waals surface area contributed by atoms with Gasteiger partial charge < -0.3 is 15.5 Å². The lowest BCUT2D eigenvalue weighted by molar-refractivity contribution is -0.128. The first-order valence-corrected chi connectivity index (χ1v) is 7.37. The minimum absolute atomic E-state index is 0.110. The highest BCUT2D eigenvalue weighted by Gasteiger charge is 2.38. The van der Waals surface area contributed by atoms with Gasteiger partial charge in [-0.15, -0.1) is 0 Å². The molecule has 1 heterocycles. The van der Waals surface area contributed by atoms with E-state index < -0.39 is 5.41 Å². The van der Waals surface area contributed by atoms with Crippen LogP contribution >= 0.6 is 12.2 Å². The van der Waals surface area contributed by atoms with E-state index in [9.17, 15) is 4.79 Å². The van der Waals surface area contributed by atoms with Crippen molar-refractivity contribution < 1.29 is 9.21 Å². The summed E-state index contributed by atoms with van der Waals surface area (Å²) in [5.41, 5.74) is 6.01. The number of aryl methyl sites for hydroxylation is 2. The smallest absolute Gasteiger partial charge is 0.233 e. The van der Waals surface area contributed by atoms with Crippen LogP contribution in [0.15, 0.2) is 10.5 Å². The van der Waals surface area contributed by atoms with Crippen molar-refractivity contribution >= 4 is 23.1 Å². The maximum absolute atomic E-state index is 12.6. The standard InChI is InChI=1S/C15H24N2O2S/c1-6-15(7-2,13(16)20)14(18)17-10(4)12-8-9(3)19-11(12)5/h8,10H,6-7H2,1-5H3,(H2,16,20)(H,17,18). The van der Waals surface area contributed by atoms with Crippen molar-refractivity contribution in [3.8, 4) is 0 Å². The summed E-state index contributed by atoms with van der Waals surface area (Å²) in [4.78, 5) is 12.8. The molecule has 1 unspecified atom stereocenters. The maximum atomic E-state index is 12.6. The Balaban J connectivity index is 2.94. The van der Waals surface area contributed by atoms with Gasteiger partial charge in [-0.05, 0) is 39.7 Å². The molecule has 4 nitrogen and oxygen atoms in total. The van der Waals surface area contributed by atoms with Gasteiger partial charge in [-0.2, -0.15) is 0 Å². The summed E-state index contributed by atoms with van der Waals surface area (Å²) < 4.78 is 5.50. The average Bonchev–Trinajstić information content (AvgIpc) is 2.70. The Kier molecular flexibility index (Phi) is 5.34. The van der Waals surface area contributed by atoms with Crippen molar-refractivity contribution in [1.29, 1.82) is 0 Å². The summed E-state index contributed by atoms with van der Waals surface area (Å²) in [5.74, 6) is 1.55. The number of amides is 1. The third-order valence-electron chi connectivity index (χ3n) is 4.01. The number of nitrogens with one attached hydrogen (secondary N) is 1. The van der Waals surface area contributed by atoms with E-state index in [1.54, 1.807) is 0 Å². The molecule has 1 atom stereocenters.